The van der Waals surface area contributed by atoms with Gasteiger partial charge in [0.25, 0.3) is 5.91 Å². The van der Waals surface area contributed by atoms with E-state index in [2.05, 4.69) is 31.2 Å². The standard InChI is InChI=1S/C23H24N8O6/c1-5-36-15-9-6-13(7-10-15)18-17(26-30-31(18)22-21(24)28-37-29-22)23(32)27-25-12-14-8-11-16(33-2)20(35-4)19(14)34-3/h6-12H,5H2,1-4H3,(H2,24,28)(H,27,32)/b25-12-. The summed E-state index contributed by atoms with van der Waals surface area (Å²) < 4.78 is 27.5. The van der Waals surface area contributed by atoms with Crippen molar-refractivity contribution >= 4 is 17.9 Å². The lowest BCUT2D eigenvalue weighted by atomic mass is 10.1. The van der Waals surface area contributed by atoms with Crippen LogP contribution in [0.1, 0.15) is 23.0 Å². The Labute approximate surface area is 210 Å². The maximum absolute atomic E-state index is 13.1. The number of carbonyl (C=O) groups excluding carboxylic acids is 1. The Balaban J connectivity index is 1.67. The molecule has 2 aromatic carbocycles. The molecule has 2 heterocycles. The van der Waals surface area contributed by atoms with Crippen LogP contribution < -0.4 is 30.1 Å². The van der Waals surface area contributed by atoms with Crippen LogP contribution in [-0.4, -0.2) is 65.4 Å². The van der Waals surface area contributed by atoms with Gasteiger partial charge in [-0.1, -0.05) is 5.21 Å². The van der Waals surface area contributed by atoms with Gasteiger partial charge in [0.2, 0.25) is 17.4 Å². The number of rotatable bonds is 10. The predicted molar refractivity (Wildman–Crippen MR) is 131 cm³/mol. The van der Waals surface area contributed by atoms with Gasteiger partial charge in [0, 0.05) is 11.1 Å². The molecule has 0 spiro atoms. The van der Waals surface area contributed by atoms with Gasteiger partial charge in [0.15, 0.2) is 17.2 Å². The summed E-state index contributed by atoms with van der Waals surface area (Å²) in [4.78, 5) is 13.1. The van der Waals surface area contributed by atoms with Crippen molar-refractivity contribution in [2.45, 2.75) is 6.92 Å². The molecule has 0 atom stereocenters. The van der Waals surface area contributed by atoms with Crippen LogP contribution in [0.4, 0.5) is 5.82 Å². The van der Waals surface area contributed by atoms with Gasteiger partial charge < -0.3 is 24.7 Å². The number of methoxy groups -OCH3 is 3. The fourth-order valence-corrected chi connectivity index (χ4v) is 3.50. The number of anilines is 1. The highest BCUT2D eigenvalue weighted by atomic mass is 16.6. The maximum atomic E-state index is 13.1. The smallest absolute Gasteiger partial charge is 0.294 e. The maximum Gasteiger partial charge on any atom is 0.294 e. The number of benzene rings is 2. The van der Waals surface area contributed by atoms with Crippen molar-refractivity contribution < 1.29 is 28.4 Å². The number of carbonyl (C=O) groups is 1. The van der Waals surface area contributed by atoms with Crippen molar-refractivity contribution in [3.05, 3.63) is 47.7 Å². The van der Waals surface area contributed by atoms with E-state index < -0.39 is 5.91 Å². The monoisotopic (exact) mass is 508 g/mol. The molecule has 0 unspecified atom stereocenters. The summed E-state index contributed by atoms with van der Waals surface area (Å²) in [5, 5.41) is 19.5. The molecule has 0 fully saturated rings. The number of hydrogen-bond donors (Lipinski definition) is 2. The first-order valence-corrected chi connectivity index (χ1v) is 10.9. The van der Waals surface area contributed by atoms with Gasteiger partial charge in [-0.25, -0.2) is 10.1 Å². The first-order valence-electron chi connectivity index (χ1n) is 10.9. The summed E-state index contributed by atoms with van der Waals surface area (Å²) in [6, 6.07) is 10.4. The second-order valence-electron chi connectivity index (χ2n) is 7.25. The minimum absolute atomic E-state index is 0.0254. The molecule has 0 bridgehead atoms. The van der Waals surface area contributed by atoms with Gasteiger partial charge >= 0.3 is 0 Å². The molecule has 37 heavy (non-hydrogen) atoms. The van der Waals surface area contributed by atoms with Crippen LogP contribution in [0.5, 0.6) is 23.0 Å². The van der Waals surface area contributed by atoms with Crippen molar-refractivity contribution in [3.8, 4) is 40.1 Å². The van der Waals surface area contributed by atoms with E-state index in [0.717, 1.165) is 0 Å². The molecular weight excluding hydrogens is 484 g/mol. The van der Waals surface area contributed by atoms with Crippen LogP contribution in [0, 0.1) is 0 Å². The number of nitrogen functional groups attached to an aromatic ring is 1. The zero-order valence-electron chi connectivity index (χ0n) is 20.5. The van der Waals surface area contributed by atoms with E-state index in [-0.39, 0.29) is 17.3 Å². The van der Waals surface area contributed by atoms with E-state index in [4.69, 9.17) is 29.3 Å². The molecule has 0 saturated carbocycles. The Morgan fingerprint density at radius 1 is 1.08 bits per heavy atom. The van der Waals surface area contributed by atoms with Gasteiger partial charge in [0.1, 0.15) is 11.4 Å². The predicted octanol–water partition coefficient (Wildman–Crippen LogP) is 2.09. The molecule has 3 N–H and O–H groups in total. The van der Waals surface area contributed by atoms with E-state index in [1.807, 2.05) is 6.92 Å². The highest BCUT2D eigenvalue weighted by Gasteiger charge is 2.25. The normalized spacial score (nSPS) is 10.9. The van der Waals surface area contributed by atoms with Crippen LogP contribution in [-0.2, 0) is 0 Å². The average Bonchev–Trinajstić information content (AvgIpc) is 3.54. The number of amides is 1. The van der Waals surface area contributed by atoms with Gasteiger partial charge in [-0.2, -0.15) is 9.78 Å². The molecular formula is C23H24N8O6. The van der Waals surface area contributed by atoms with Crippen LogP contribution in [0.25, 0.3) is 17.1 Å². The highest BCUT2D eigenvalue weighted by molar-refractivity contribution is 5.99. The third kappa shape index (κ3) is 4.98. The number of hydrazone groups is 1. The molecule has 0 radical (unpaired) electrons. The molecule has 0 aliphatic heterocycles. The molecule has 0 aliphatic rings. The van der Waals surface area contributed by atoms with E-state index >= 15 is 0 Å². The second-order valence-corrected chi connectivity index (χ2v) is 7.25. The largest absolute Gasteiger partial charge is 0.494 e. The lowest BCUT2D eigenvalue weighted by molar-refractivity contribution is 0.0950. The highest BCUT2D eigenvalue weighted by Crippen LogP contribution is 2.39. The number of ether oxygens (including phenoxy) is 4. The average molecular weight is 508 g/mol. The summed E-state index contributed by atoms with van der Waals surface area (Å²) in [6.45, 7) is 2.39. The summed E-state index contributed by atoms with van der Waals surface area (Å²) in [6.07, 6.45) is 1.40. The second kappa shape index (κ2) is 11.1. The van der Waals surface area contributed by atoms with Crippen LogP contribution in [0.2, 0.25) is 0 Å². The summed E-state index contributed by atoms with van der Waals surface area (Å²) in [5.74, 6) is 1.33. The first kappa shape index (κ1) is 25.0. The van der Waals surface area contributed by atoms with Gasteiger partial charge in [0.05, 0.1) is 34.2 Å². The molecule has 2 aromatic heterocycles. The Kier molecular flexibility index (Phi) is 7.47. The molecule has 4 aromatic rings. The summed E-state index contributed by atoms with van der Waals surface area (Å²) >= 11 is 0. The SMILES string of the molecule is CCOc1ccc(-c2c(C(=O)N/N=C\c3ccc(OC)c(OC)c3OC)nnn2-c2nonc2N)cc1. The Morgan fingerprint density at radius 2 is 1.84 bits per heavy atom. The summed E-state index contributed by atoms with van der Waals surface area (Å²) in [5.41, 5.74) is 9.69. The molecule has 1 amide bonds. The molecule has 192 valence electrons. The van der Waals surface area contributed by atoms with Crippen molar-refractivity contribution in [1.82, 2.24) is 30.7 Å². The zero-order valence-corrected chi connectivity index (χ0v) is 20.5. The van der Waals surface area contributed by atoms with Crippen molar-refractivity contribution in [3.63, 3.8) is 0 Å². The topological polar surface area (TPSA) is 174 Å². The molecule has 14 nitrogen and oxygen atoms in total. The quantitative estimate of drug-likeness (QED) is 0.237. The van der Waals surface area contributed by atoms with E-state index in [0.29, 0.717) is 46.4 Å². The van der Waals surface area contributed by atoms with E-state index in [9.17, 15) is 4.79 Å². The lowest BCUT2D eigenvalue weighted by Gasteiger charge is -2.13. The molecule has 14 heteroatoms. The number of aromatic nitrogens is 5. The number of nitrogens with two attached hydrogens (primary N) is 1. The van der Waals surface area contributed by atoms with Gasteiger partial charge in [-0.05, 0) is 53.6 Å². The third-order valence-corrected chi connectivity index (χ3v) is 5.12. The number of nitrogens with one attached hydrogen (secondary N) is 1. The van der Waals surface area contributed by atoms with E-state index in [1.54, 1.807) is 36.4 Å². The molecule has 0 aliphatic carbocycles. The molecule has 4 rings (SSSR count). The van der Waals surface area contributed by atoms with Crippen molar-refractivity contribution in [2.24, 2.45) is 5.10 Å². The minimum Gasteiger partial charge on any atom is -0.494 e. The Morgan fingerprint density at radius 3 is 2.46 bits per heavy atom. The van der Waals surface area contributed by atoms with Gasteiger partial charge in [-0.3, -0.25) is 4.79 Å². The Bertz CT molecular complexity index is 1410. The molecule has 0 saturated heterocycles. The van der Waals surface area contributed by atoms with Crippen molar-refractivity contribution in [1.29, 1.82) is 0 Å². The Hall–Kier alpha value is -5.14. The van der Waals surface area contributed by atoms with Crippen LogP contribution in [0.15, 0.2) is 46.1 Å². The summed E-state index contributed by atoms with van der Waals surface area (Å²) in [7, 11) is 4.49. The lowest BCUT2D eigenvalue weighted by Crippen LogP contribution is -2.19. The third-order valence-electron chi connectivity index (χ3n) is 5.12. The van der Waals surface area contributed by atoms with Gasteiger partial charge in [-0.15, -0.1) is 5.10 Å². The van der Waals surface area contributed by atoms with E-state index in [1.165, 1.54) is 32.2 Å². The fraction of sp³-hybridized carbons (Fsp3) is 0.217. The fourth-order valence-electron chi connectivity index (χ4n) is 3.50. The first-order chi connectivity index (χ1) is 18.0. The van der Waals surface area contributed by atoms with Crippen LogP contribution >= 0.6 is 0 Å². The zero-order chi connectivity index (χ0) is 26.4. The van der Waals surface area contributed by atoms with Crippen LogP contribution in [0.3, 0.4) is 0 Å². The minimum atomic E-state index is -0.638. The number of hydrogen-bond acceptors (Lipinski definition) is 12. The number of nitrogens with zero attached hydrogens (tertiary/aromatic N) is 6. The van der Waals surface area contributed by atoms with Crippen molar-refractivity contribution in [2.75, 3.05) is 33.7 Å².